The van der Waals surface area contributed by atoms with E-state index in [9.17, 15) is 24.9 Å². The lowest BCUT2D eigenvalue weighted by molar-refractivity contribution is -0.287. The van der Waals surface area contributed by atoms with Crippen molar-refractivity contribution in [3.63, 3.8) is 0 Å². The van der Waals surface area contributed by atoms with E-state index in [1.807, 2.05) is 0 Å². The molecule has 0 aliphatic carbocycles. The smallest absolute Gasteiger partial charge is 0.253 e. The van der Waals surface area contributed by atoms with Gasteiger partial charge in [0, 0.05) is 11.6 Å². The Bertz CT molecular complexity index is 824. The fourth-order valence-electron chi connectivity index (χ4n) is 4.15. The molecule has 0 saturated carbocycles. The van der Waals surface area contributed by atoms with Crippen molar-refractivity contribution in [3.05, 3.63) is 28.8 Å². The number of unbranched alkanes of at least 4 members (excludes halogenated alkanes) is 5. The number of hydrogen-bond donors (Lipinski definition) is 4. The van der Waals surface area contributed by atoms with Crippen molar-refractivity contribution in [2.45, 2.75) is 76.2 Å². The molecule has 1 fully saturated rings. The quantitative estimate of drug-likeness (QED) is 0.371. The topological polar surface area (TPSA) is 129 Å². The van der Waals surface area contributed by atoms with Gasteiger partial charge < -0.3 is 35.0 Å². The third kappa shape index (κ3) is 6.44. The number of aliphatic hydroxyl groups is 3. The predicted octanol–water partition coefficient (Wildman–Crippen LogP) is 1.60. The van der Waals surface area contributed by atoms with Crippen molar-refractivity contribution in [3.8, 4) is 0 Å². The van der Waals surface area contributed by atoms with Crippen LogP contribution in [0.25, 0.3) is 0 Å². The number of amides is 2. The van der Waals surface area contributed by atoms with Gasteiger partial charge in [0.1, 0.15) is 24.4 Å². The molecule has 1 unspecified atom stereocenters. The summed E-state index contributed by atoms with van der Waals surface area (Å²) in [5.41, 5.74) is 0.537. The maximum Gasteiger partial charge on any atom is 0.253 e. The molecule has 1 aromatic carbocycles. The van der Waals surface area contributed by atoms with Crippen LogP contribution in [0.5, 0.6) is 0 Å². The summed E-state index contributed by atoms with van der Waals surface area (Å²) in [7, 11) is 0. The molecule has 4 N–H and O–H groups in total. The van der Waals surface area contributed by atoms with Crippen LogP contribution in [0, 0.1) is 0 Å². The van der Waals surface area contributed by atoms with E-state index in [0.717, 1.165) is 32.1 Å². The van der Waals surface area contributed by atoms with Crippen LogP contribution < -0.4 is 10.2 Å². The van der Waals surface area contributed by atoms with Crippen molar-refractivity contribution in [2.75, 3.05) is 24.6 Å². The number of hydrogen-bond acceptors (Lipinski definition) is 7. The van der Waals surface area contributed by atoms with Crippen LogP contribution in [0.15, 0.2) is 18.2 Å². The van der Waals surface area contributed by atoms with Crippen molar-refractivity contribution in [1.29, 1.82) is 0 Å². The number of carbonyl (C=O) groups is 2. The number of benzene rings is 1. The van der Waals surface area contributed by atoms with Gasteiger partial charge in [-0.2, -0.15) is 0 Å². The summed E-state index contributed by atoms with van der Waals surface area (Å²) in [6, 6.07) is 4.57. The highest BCUT2D eigenvalue weighted by atomic mass is 35.5. The molecule has 1 saturated heterocycles. The van der Waals surface area contributed by atoms with E-state index in [1.165, 1.54) is 17.4 Å². The van der Waals surface area contributed by atoms with Crippen LogP contribution in [0.4, 0.5) is 5.69 Å². The highest BCUT2D eigenvalue weighted by molar-refractivity contribution is 6.31. The van der Waals surface area contributed by atoms with Gasteiger partial charge in [0.2, 0.25) is 5.91 Å². The highest BCUT2D eigenvalue weighted by Crippen LogP contribution is 2.29. The molecule has 2 heterocycles. The molecular formula is C23H33ClN2O7. The number of nitrogens with one attached hydrogen (secondary N) is 1. The van der Waals surface area contributed by atoms with Gasteiger partial charge in [0.15, 0.2) is 6.29 Å². The van der Waals surface area contributed by atoms with E-state index >= 15 is 0 Å². The van der Waals surface area contributed by atoms with Crippen LogP contribution in [0.2, 0.25) is 5.02 Å². The maximum atomic E-state index is 12.7. The molecule has 184 valence electrons. The van der Waals surface area contributed by atoms with Crippen molar-refractivity contribution in [2.24, 2.45) is 0 Å². The Morgan fingerprint density at radius 3 is 2.61 bits per heavy atom. The minimum absolute atomic E-state index is 0.149. The summed E-state index contributed by atoms with van der Waals surface area (Å²) < 4.78 is 11.2. The van der Waals surface area contributed by atoms with E-state index < -0.39 is 42.5 Å². The average Bonchev–Trinajstić information content (AvgIpc) is 2.90. The van der Waals surface area contributed by atoms with Gasteiger partial charge in [-0.15, -0.1) is 0 Å². The van der Waals surface area contributed by atoms with Crippen LogP contribution in [-0.2, 0) is 14.3 Å². The number of anilines is 1. The average molecular weight is 485 g/mol. The highest BCUT2D eigenvalue weighted by Gasteiger charge is 2.46. The predicted molar refractivity (Wildman–Crippen MR) is 122 cm³/mol. The van der Waals surface area contributed by atoms with Crippen LogP contribution >= 0.6 is 11.6 Å². The second-order valence-electron chi connectivity index (χ2n) is 8.50. The molecule has 10 heteroatoms. The van der Waals surface area contributed by atoms with Gasteiger partial charge >= 0.3 is 0 Å². The van der Waals surface area contributed by atoms with E-state index in [-0.39, 0.29) is 18.7 Å². The molecule has 2 aliphatic heterocycles. The maximum absolute atomic E-state index is 12.7. The second-order valence-corrected chi connectivity index (χ2v) is 8.93. The Kier molecular flexibility index (Phi) is 9.48. The lowest BCUT2D eigenvalue weighted by Crippen LogP contribution is -2.61. The Morgan fingerprint density at radius 1 is 1.12 bits per heavy atom. The fraction of sp³-hybridized carbons (Fsp3) is 0.652. The first-order chi connectivity index (χ1) is 15.8. The Morgan fingerprint density at radius 2 is 1.85 bits per heavy atom. The fourth-order valence-corrected chi connectivity index (χ4v) is 4.32. The van der Waals surface area contributed by atoms with Gasteiger partial charge in [0.25, 0.3) is 5.91 Å². The molecule has 33 heavy (non-hydrogen) atoms. The Labute approximate surface area is 198 Å². The number of rotatable bonds is 10. The van der Waals surface area contributed by atoms with Crippen LogP contribution in [-0.4, -0.2) is 77.5 Å². The van der Waals surface area contributed by atoms with Crippen molar-refractivity contribution < 1.29 is 34.4 Å². The summed E-state index contributed by atoms with van der Waals surface area (Å²) in [6.07, 6.45) is -0.0568. The minimum Gasteiger partial charge on any atom is -0.388 e. The number of carbonyl (C=O) groups excluding carboxylic acids is 2. The van der Waals surface area contributed by atoms with Crippen LogP contribution in [0.1, 0.15) is 55.8 Å². The lowest BCUT2D eigenvalue weighted by Gasteiger charge is -2.42. The summed E-state index contributed by atoms with van der Waals surface area (Å²) in [4.78, 5) is 26.4. The molecule has 0 radical (unpaired) electrons. The molecule has 2 aliphatic rings. The summed E-state index contributed by atoms with van der Waals surface area (Å²) >= 11 is 6.02. The summed E-state index contributed by atoms with van der Waals surface area (Å²) in [5, 5.41) is 34.3. The zero-order chi connectivity index (χ0) is 24.0. The van der Waals surface area contributed by atoms with Gasteiger partial charge in [-0.25, -0.2) is 0 Å². The first-order valence-corrected chi connectivity index (χ1v) is 11.9. The molecular weight excluding hydrogens is 452 g/mol. The molecule has 0 bridgehead atoms. The normalized spacial score (nSPS) is 27.8. The molecule has 0 aromatic heterocycles. The number of fused-ring (bicyclic) bond motifs is 1. The number of nitrogens with zero attached hydrogens (tertiary/aromatic N) is 1. The van der Waals surface area contributed by atoms with Gasteiger partial charge in [-0.1, -0.05) is 50.6 Å². The van der Waals surface area contributed by atoms with E-state index in [0.29, 0.717) is 17.3 Å². The van der Waals surface area contributed by atoms with Crippen molar-refractivity contribution in [1.82, 2.24) is 5.32 Å². The largest absolute Gasteiger partial charge is 0.388 e. The van der Waals surface area contributed by atoms with Gasteiger partial charge in [-0.3, -0.25) is 9.59 Å². The zero-order valence-corrected chi connectivity index (χ0v) is 19.5. The first-order valence-electron chi connectivity index (χ1n) is 11.5. The lowest BCUT2D eigenvalue weighted by atomic mass is 9.97. The first kappa shape index (κ1) is 25.9. The zero-order valence-electron chi connectivity index (χ0n) is 18.8. The number of aliphatic hydroxyl groups excluding tert-OH is 3. The number of ether oxygens (including phenoxy) is 2. The molecule has 9 nitrogen and oxygen atoms in total. The SMILES string of the molecule is CCCCCCCCO[C@H]1[C@H](O)[C@@H](CN2C(=O)CNC(=O)c3cc(Cl)ccc32)OC(O)[C@@H]1O. The monoisotopic (exact) mass is 484 g/mol. The summed E-state index contributed by atoms with van der Waals surface area (Å²) in [5.74, 6) is -0.852. The molecule has 0 spiro atoms. The Balaban J connectivity index is 1.67. The minimum atomic E-state index is -1.58. The van der Waals surface area contributed by atoms with E-state index in [2.05, 4.69) is 12.2 Å². The van der Waals surface area contributed by atoms with E-state index in [4.69, 9.17) is 21.1 Å². The second kappa shape index (κ2) is 12.1. The van der Waals surface area contributed by atoms with Gasteiger partial charge in [-0.05, 0) is 24.6 Å². The third-order valence-corrected chi connectivity index (χ3v) is 6.26. The van der Waals surface area contributed by atoms with E-state index in [1.54, 1.807) is 12.1 Å². The molecule has 2 amide bonds. The number of halogens is 1. The van der Waals surface area contributed by atoms with Crippen LogP contribution in [0.3, 0.4) is 0 Å². The Hall–Kier alpha value is -1.75. The third-order valence-electron chi connectivity index (χ3n) is 6.03. The molecule has 3 rings (SSSR count). The molecule has 1 aromatic rings. The van der Waals surface area contributed by atoms with Crippen molar-refractivity contribution >= 4 is 29.1 Å². The summed E-state index contributed by atoms with van der Waals surface area (Å²) in [6.45, 7) is 2.09. The molecule has 5 atom stereocenters. The van der Waals surface area contributed by atoms with Gasteiger partial charge in [0.05, 0.1) is 24.3 Å². The standard InChI is InChI=1S/C23H33ClN2O7/c1-2-3-4-5-6-7-10-32-21-19(28)17(33-23(31)20(21)29)13-26-16-9-8-14(24)11-15(16)22(30)25-12-18(26)27/h8-9,11,17,19-21,23,28-29,31H,2-7,10,12-13H2,1H3,(H,25,30)/t17-,19-,20-,21+,23?/m1/s1.